The van der Waals surface area contributed by atoms with Crippen molar-refractivity contribution in [3.05, 3.63) is 54.7 Å². The molecule has 5 nitrogen and oxygen atoms in total. The highest BCUT2D eigenvalue weighted by Crippen LogP contribution is 2.31. The van der Waals surface area contributed by atoms with Crippen molar-refractivity contribution in [1.82, 2.24) is 0 Å². The molecule has 7 heteroatoms. The van der Waals surface area contributed by atoms with Gasteiger partial charge in [0.25, 0.3) is 0 Å². The molecule has 0 spiro atoms. The number of halogens is 2. The van der Waals surface area contributed by atoms with Gasteiger partial charge in [0.15, 0.2) is 0 Å². The summed E-state index contributed by atoms with van der Waals surface area (Å²) in [5.74, 6) is -0.497. The molecule has 0 bridgehead atoms. The SMILES string of the molecule is O=C(O)Cc1ccc(Oc2ccc(CC(=O)O)cc2I)c(I)c1. The highest BCUT2D eigenvalue weighted by atomic mass is 127. The van der Waals surface area contributed by atoms with Crippen LogP contribution >= 0.6 is 45.2 Å². The van der Waals surface area contributed by atoms with Crippen molar-refractivity contribution < 1.29 is 24.5 Å². The molecule has 23 heavy (non-hydrogen) atoms. The number of hydrogen-bond acceptors (Lipinski definition) is 3. The van der Waals surface area contributed by atoms with Crippen molar-refractivity contribution >= 4 is 57.1 Å². The average Bonchev–Trinajstić information content (AvgIpc) is 2.43. The minimum Gasteiger partial charge on any atom is -0.481 e. The Bertz CT molecular complexity index is 695. The van der Waals surface area contributed by atoms with Crippen LogP contribution in [0.25, 0.3) is 0 Å². The second kappa shape index (κ2) is 7.95. The molecule has 0 saturated carbocycles. The van der Waals surface area contributed by atoms with Crippen molar-refractivity contribution in [3.63, 3.8) is 0 Å². The summed E-state index contributed by atoms with van der Waals surface area (Å²) in [5.41, 5.74) is 1.42. The van der Waals surface area contributed by atoms with Crippen LogP contribution in [0.15, 0.2) is 36.4 Å². The van der Waals surface area contributed by atoms with Crippen LogP contribution in [-0.4, -0.2) is 22.2 Å². The second-order valence-electron chi connectivity index (χ2n) is 4.77. The maximum absolute atomic E-state index is 10.7. The Morgan fingerprint density at radius 3 is 1.52 bits per heavy atom. The normalized spacial score (nSPS) is 10.3. The van der Waals surface area contributed by atoms with E-state index in [4.69, 9.17) is 14.9 Å². The molecule has 0 fully saturated rings. The van der Waals surface area contributed by atoms with Crippen LogP contribution in [0, 0.1) is 7.14 Å². The molecule has 0 saturated heterocycles. The van der Waals surface area contributed by atoms with E-state index in [1.165, 1.54) is 0 Å². The lowest BCUT2D eigenvalue weighted by molar-refractivity contribution is -0.137. The third kappa shape index (κ3) is 5.34. The average molecular weight is 538 g/mol. The van der Waals surface area contributed by atoms with Crippen LogP contribution in [0.5, 0.6) is 11.5 Å². The first-order valence-electron chi connectivity index (χ1n) is 6.53. The maximum Gasteiger partial charge on any atom is 0.307 e. The largest absolute Gasteiger partial charge is 0.481 e. The first-order valence-corrected chi connectivity index (χ1v) is 8.69. The molecule has 0 atom stereocenters. The highest BCUT2D eigenvalue weighted by molar-refractivity contribution is 14.1. The number of benzene rings is 2. The predicted octanol–water partition coefficient (Wildman–Crippen LogP) is 3.94. The van der Waals surface area contributed by atoms with E-state index in [1.54, 1.807) is 36.4 Å². The van der Waals surface area contributed by atoms with Crippen LogP contribution in [0.2, 0.25) is 0 Å². The van der Waals surface area contributed by atoms with E-state index in [9.17, 15) is 9.59 Å². The number of carboxylic acids is 2. The molecule has 0 aliphatic rings. The molecule has 0 aromatic heterocycles. The topological polar surface area (TPSA) is 83.8 Å². The van der Waals surface area contributed by atoms with Gasteiger partial charge in [0, 0.05) is 0 Å². The molecule has 2 rings (SSSR count). The lowest BCUT2D eigenvalue weighted by Gasteiger charge is -2.11. The first kappa shape index (κ1) is 18.0. The van der Waals surface area contributed by atoms with Gasteiger partial charge in [-0.25, -0.2) is 0 Å². The van der Waals surface area contributed by atoms with E-state index in [2.05, 4.69) is 45.2 Å². The van der Waals surface area contributed by atoms with Crippen molar-refractivity contribution in [2.75, 3.05) is 0 Å². The van der Waals surface area contributed by atoms with Crippen LogP contribution in [-0.2, 0) is 22.4 Å². The summed E-state index contributed by atoms with van der Waals surface area (Å²) in [4.78, 5) is 21.5. The molecule has 0 heterocycles. The number of hydrogen-bond donors (Lipinski definition) is 2. The smallest absolute Gasteiger partial charge is 0.307 e. The number of aliphatic carboxylic acids is 2. The molecule has 0 aliphatic heterocycles. The number of rotatable bonds is 6. The first-order chi connectivity index (χ1) is 10.8. The fraction of sp³-hybridized carbons (Fsp3) is 0.125. The molecule has 0 aliphatic carbocycles. The zero-order chi connectivity index (χ0) is 17.0. The Morgan fingerprint density at radius 2 is 1.22 bits per heavy atom. The quantitative estimate of drug-likeness (QED) is 0.545. The molecule has 2 aromatic rings. The zero-order valence-electron chi connectivity index (χ0n) is 11.8. The van der Waals surface area contributed by atoms with Gasteiger partial charge in [0.05, 0.1) is 20.0 Å². The Hall–Kier alpha value is -1.36. The molecule has 0 unspecified atom stereocenters. The Morgan fingerprint density at radius 1 is 0.826 bits per heavy atom. The number of carbonyl (C=O) groups is 2. The number of ether oxygens (including phenoxy) is 1. The standard InChI is InChI=1S/C16H12I2O5/c17-11-5-9(7-15(19)20)1-3-13(11)23-14-4-2-10(6-12(14)18)8-16(21)22/h1-6H,7-8H2,(H,19,20)(H,21,22). The maximum atomic E-state index is 10.7. The van der Waals surface area contributed by atoms with Gasteiger partial charge in [0.2, 0.25) is 0 Å². The molecule has 2 N–H and O–H groups in total. The molecule has 2 aromatic carbocycles. The van der Waals surface area contributed by atoms with E-state index in [0.717, 1.165) is 7.14 Å². The van der Waals surface area contributed by atoms with Gasteiger partial charge < -0.3 is 14.9 Å². The summed E-state index contributed by atoms with van der Waals surface area (Å²) in [7, 11) is 0. The van der Waals surface area contributed by atoms with E-state index in [1.807, 2.05) is 0 Å². The molecular weight excluding hydrogens is 526 g/mol. The summed E-state index contributed by atoms with van der Waals surface area (Å²) in [6.45, 7) is 0. The minimum absolute atomic E-state index is 0.0301. The Labute approximate surface area is 159 Å². The molecule has 0 radical (unpaired) electrons. The summed E-state index contributed by atoms with van der Waals surface area (Å²) in [5, 5.41) is 17.6. The van der Waals surface area contributed by atoms with E-state index in [-0.39, 0.29) is 12.8 Å². The van der Waals surface area contributed by atoms with Crippen LogP contribution in [0.1, 0.15) is 11.1 Å². The monoisotopic (exact) mass is 538 g/mol. The molecule has 0 amide bonds. The lowest BCUT2D eigenvalue weighted by atomic mass is 10.1. The Kier molecular flexibility index (Phi) is 6.22. The van der Waals surface area contributed by atoms with E-state index in [0.29, 0.717) is 22.6 Å². The number of carboxylic acid groups (broad SMARTS) is 2. The highest BCUT2D eigenvalue weighted by Gasteiger charge is 2.10. The summed E-state index contributed by atoms with van der Waals surface area (Å²) < 4.78 is 7.47. The second-order valence-corrected chi connectivity index (χ2v) is 7.10. The van der Waals surface area contributed by atoms with Crippen LogP contribution in [0.4, 0.5) is 0 Å². The van der Waals surface area contributed by atoms with Gasteiger partial charge in [-0.2, -0.15) is 0 Å². The van der Waals surface area contributed by atoms with Gasteiger partial charge >= 0.3 is 11.9 Å². The summed E-state index contributed by atoms with van der Waals surface area (Å²) in [6.07, 6.45) is -0.0601. The van der Waals surface area contributed by atoms with Crippen molar-refractivity contribution in [2.45, 2.75) is 12.8 Å². The Balaban J connectivity index is 2.18. The third-order valence-corrected chi connectivity index (χ3v) is 4.61. The summed E-state index contributed by atoms with van der Waals surface area (Å²) in [6, 6.07) is 10.5. The molecule has 120 valence electrons. The summed E-state index contributed by atoms with van der Waals surface area (Å²) >= 11 is 4.19. The van der Waals surface area contributed by atoms with Gasteiger partial charge in [0.1, 0.15) is 11.5 Å². The fourth-order valence-corrected chi connectivity index (χ4v) is 3.32. The van der Waals surface area contributed by atoms with Crippen molar-refractivity contribution in [3.8, 4) is 11.5 Å². The van der Waals surface area contributed by atoms with E-state index < -0.39 is 11.9 Å². The lowest BCUT2D eigenvalue weighted by Crippen LogP contribution is -2.01. The minimum atomic E-state index is -0.877. The van der Waals surface area contributed by atoms with Gasteiger partial charge in [-0.1, -0.05) is 12.1 Å². The molecular formula is C16H12I2O5. The van der Waals surface area contributed by atoms with Crippen LogP contribution in [0.3, 0.4) is 0 Å². The fourth-order valence-electron chi connectivity index (χ4n) is 1.94. The van der Waals surface area contributed by atoms with Gasteiger partial charge in [-0.05, 0) is 80.6 Å². The predicted molar refractivity (Wildman–Crippen MR) is 101 cm³/mol. The van der Waals surface area contributed by atoms with E-state index >= 15 is 0 Å². The van der Waals surface area contributed by atoms with Crippen molar-refractivity contribution in [2.24, 2.45) is 0 Å². The zero-order valence-corrected chi connectivity index (χ0v) is 16.1. The van der Waals surface area contributed by atoms with Gasteiger partial charge in [-0.3, -0.25) is 9.59 Å². The van der Waals surface area contributed by atoms with Crippen LogP contribution < -0.4 is 4.74 Å². The van der Waals surface area contributed by atoms with Crippen molar-refractivity contribution in [1.29, 1.82) is 0 Å². The third-order valence-electron chi connectivity index (χ3n) is 2.92. The van der Waals surface area contributed by atoms with Gasteiger partial charge in [-0.15, -0.1) is 0 Å².